The van der Waals surface area contributed by atoms with Crippen molar-refractivity contribution in [2.75, 3.05) is 26.7 Å². The second-order valence-corrected chi connectivity index (χ2v) is 7.87. The predicted molar refractivity (Wildman–Crippen MR) is 94.7 cm³/mol. The number of carbonyl (C=O) groups excluding carboxylic acids is 2. The molecule has 134 valence electrons. The molecule has 23 heavy (non-hydrogen) atoms. The number of hydrogen-bond donors (Lipinski definition) is 1. The smallest absolute Gasteiger partial charge is 0.245 e. The maximum Gasteiger partial charge on any atom is 0.245 e. The van der Waals surface area contributed by atoms with E-state index in [-0.39, 0.29) is 35.7 Å². The number of halogens is 1. The molecule has 1 unspecified atom stereocenters. The Morgan fingerprint density at radius 1 is 1.09 bits per heavy atom. The number of amides is 2. The molecule has 1 atom stereocenters. The Labute approximate surface area is 146 Å². The van der Waals surface area contributed by atoms with Gasteiger partial charge in [-0.2, -0.15) is 0 Å². The van der Waals surface area contributed by atoms with Crippen LogP contribution in [0.5, 0.6) is 0 Å². The first-order valence-electron chi connectivity index (χ1n) is 8.57. The summed E-state index contributed by atoms with van der Waals surface area (Å²) in [6.07, 6.45) is 4.29. The molecule has 0 radical (unpaired) electrons. The number of piperidine rings is 1. The van der Waals surface area contributed by atoms with Crippen molar-refractivity contribution in [3.63, 3.8) is 0 Å². The first-order chi connectivity index (χ1) is 10.3. The standard InChI is InChI=1S/C17H31N3O2.ClH/c1-17(2,3)12-15(21)20-9-5-6-14(20)16(22)19-10-7-13(18-4)8-11-19;/h13-14,18H,5-12H2,1-4H3;1H. The lowest BCUT2D eigenvalue weighted by Gasteiger charge is -2.36. The van der Waals surface area contributed by atoms with Crippen molar-refractivity contribution >= 4 is 24.2 Å². The van der Waals surface area contributed by atoms with Crippen LogP contribution in [0.3, 0.4) is 0 Å². The first-order valence-corrected chi connectivity index (χ1v) is 8.57. The summed E-state index contributed by atoms with van der Waals surface area (Å²) in [6, 6.07) is 0.298. The second kappa shape index (κ2) is 8.34. The fourth-order valence-corrected chi connectivity index (χ4v) is 3.48. The Morgan fingerprint density at radius 3 is 2.22 bits per heavy atom. The van der Waals surface area contributed by atoms with Crippen molar-refractivity contribution in [2.24, 2.45) is 5.41 Å². The van der Waals surface area contributed by atoms with E-state index in [4.69, 9.17) is 0 Å². The normalized spacial score (nSPS) is 22.9. The van der Waals surface area contributed by atoms with Crippen LogP contribution in [-0.2, 0) is 9.59 Å². The Balaban J connectivity index is 0.00000264. The minimum atomic E-state index is -0.221. The van der Waals surface area contributed by atoms with Gasteiger partial charge in [0, 0.05) is 32.1 Å². The SMILES string of the molecule is CNC1CCN(C(=O)C2CCCN2C(=O)CC(C)(C)C)CC1.Cl. The molecule has 2 aliphatic heterocycles. The Morgan fingerprint density at radius 2 is 1.70 bits per heavy atom. The van der Waals surface area contributed by atoms with Crippen LogP contribution < -0.4 is 5.32 Å². The van der Waals surface area contributed by atoms with E-state index < -0.39 is 0 Å². The van der Waals surface area contributed by atoms with Crippen molar-refractivity contribution < 1.29 is 9.59 Å². The highest BCUT2D eigenvalue weighted by Crippen LogP contribution is 2.26. The van der Waals surface area contributed by atoms with Crippen LogP contribution in [-0.4, -0.2) is 60.4 Å². The molecule has 0 aliphatic carbocycles. The zero-order valence-electron chi connectivity index (χ0n) is 14.9. The highest BCUT2D eigenvalue weighted by atomic mass is 35.5. The molecule has 0 aromatic carbocycles. The third-order valence-electron chi connectivity index (χ3n) is 4.75. The average Bonchev–Trinajstić information content (AvgIpc) is 2.94. The van der Waals surface area contributed by atoms with Crippen LogP contribution >= 0.6 is 12.4 Å². The van der Waals surface area contributed by atoms with Crippen molar-refractivity contribution in [1.29, 1.82) is 0 Å². The van der Waals surface area contributed by atoms with E-state index in [0.717, 1.165) is 45.3 Å². The monoisotopic (exact) mass is 345 g/mol. The summed E-state index contributed by atoms with van der Waals surface area (Å²) < 4.78 is 0. The molecule has 2 saturated heterocycles. The van der Waals surface area contributed by atoms with Crippen LogP contribution in [0.15, 0.2) is 0 Å². The van der Waals surface area contributed by atoms with Gasteiger partial charge in [-0.15, -0.1) is 12.4 Å². The van der Waals surface area contributed by atoms with Gasteiger partial charge in [-0.05, 0) is 38.1 Å². The van der Waals surface area contributed by atoms with E-state index in [1.165, 1.54) is 0 Å². The van der Waals surface area contributed by atoms with Crippen LogP contribution in [0.2, 0.25) is 0 Å². The summed E-state index contributed by atoms with van der Waals surface area (Å²) >= 11 is 0. The molecule has 2 rings (SSSR count). The summed E-state index contributed by atoms with van der Waals surface area (Å²) in [6.45, 7) is 8.56. The fourth-order valence-electron chi connectivity index (χ4n) is 3.48. The highest BCUT2D eigenvalue weighted by Gasteiger charge is 2.38. The second-order valence-electron chi connectivity index (χ2n) is 7.87. The van der Waals surface area contributed by atoms with Crippen molar-refractivity contribution in [1.82, 2.24) is 15.1 Å². The summed E-state index contributed by atoms with van der Waals surface area (Å²) in [7, 11) is 1.98. The lowest BCUT2D eigenvalue weighted by Crippen LogP contribution is -2.52. The maximum absolute atomic E-state index is 12.8. The zero-order valence-corrected chi connectivity index (χ0v) is 15.7. The molecule has 2 fully saturated rings. The molecular weight excluding hydrogens is 314 g/mol. The van der Waals surface area contributed by atoms with Crippen LogP contribution in [0.1, 0.15) is 52.9 Å². The number of carbonyl (C=O) groups is 2. The number of hydrogen-bond acceptors (Lipinski definition) is 3. The predicted octanol–water partition coefficient (Wildman–Crippen LogP) is 2.05. The quantitative estimate of drug-likeness (QED) is 0.851. The molecule has 0 aromatic heterocycles. The first kappa shape index (κ1) is 20.2. The van der Waals surface area contributed by atoms with Gasteiger partial charge in [0.1, 0.15) is 6.04 Å². The van der Waals surface area contributed by atoms with Crippen LogP contribution in [0, 0.1) is 5.41 Å². The Kier molecular flexibility index (Phi) is 7.33. The van der Waals surface area contributed by atoms with Crippen molar-refractivity contribution in [2.45, 2.75) is 65.0 Å². The van der Waals surface area contributed by atoms with E-state index in [1.807, 2.05) is 16.8 Å². The van der Waals surface area contributed by atoms with Crippen LogP contribution in [0.4, 0.5) is 0 Å². The van der Waals surface area contributed by atoms with Gasteiger partial charge in [0.15, 0.2) is 0 Å². The van der Waals surface area contributed by atoms with E-state index in [1.54, 1.807) is 0 Å². The van der Waals surface area contributed by atoms with E-state index in [0.29, 0.717) is 12.5 Å². The number of nitrogens with zero attached hydrogens (tertiary/aromatic N) is 2. The average molecular weight is 346 g/mol. The lowest BCUT2D eigenvalue weighted by molar-refractivity contribution is -0.145. The van der Waals surface area contributed by atoms with Crippen LogP contribution in [0.25, 0.3) is 0 Å². The molecule has 5 nitrogen and oxygen atoms in total. The molecule has 1 N–H and O–H groups in total. The lowest BCUT2D eigenvalue weighted by atomic mass is 9.91. The van der Waals surface area contributed by atoms with Gasteiger partial charge in [0.05, 0.1) is 0 Å². The number of likely N-dealkylation sites (tertiary alicyclic amines) is 2. The van der Waals surface area contributed by atoms with Crippen molar-refractivity contribution in [3.05, 3.63) is 0 Å². The van der Waals surface area contributed by atoms with Gasteiger partial charge in [-0.25, -0.2) is 0 Å². The number of rotatable bonds is 3. The van der Waals surface area contributed by atoms with Gasteiger partial charge in [-0.3, -0.25) is 9.59 Å². The molecule has 0 spiro atoms. The minimum absolute atomic E-state index is 0. The third-order valence-corrected chi connectivity index (χ3v) is 4.75. The van der Waals surface area contributed by atoms with E-state index in [9.17, 15) is 9.59 Å². The summed E-state index contributed by atoms with van der Waals surface area (Å²) in [5, 5.41) is 3.28. The van der Waals surface area contributed by atoms with E-state index in [2.05, 4.69) is 26.1 Å². The molecule has 0 aromatic rings. The topological polar surface area (TPSA) is 52.7 Å². The molecule has 0 bridgehead atoms. The molecule has 2 aliphatic rings. The molecule has 2 heterocycles. The molecule has 6 heteroatoms. The van der Waals surface area contributed by atoms with Gasteiger partial charge < -0.3 is 15.1 Å². The summed E-state index contributed by atoms with van der Waals surface area (Å²) in [5.41, 5.74) is -0.0294. The fraction of sp³-hybridized carbons (Fsp3) is 0.882. The summed E-state index contributed by atoms with van der Waals surface area (Å²) in [4.78, 5) is 29.1. The minimum Gasteiger partial charge on any atom is -0.341 e. The Hall–Kier alpha value is -0.810. The third kappa shape index (κ3) is 5.35. The van der Waals surface area contributed by atoms with Gasteiger partial charge in [-0.1, -0.05) is 20.8 Å². The zero-order chi connectivity index (χ0) is 16.3. The van der Waals surface area contributed by atoms with Gasteiger partial charge >= 0.3 is 0 Å². The summed E-state index contributed by atoms with van der Waals surface area (Å²) in [5.74, 6) is 0.294. The molecule has 2 amide bonds. The highest BCUT2D eigenvalue weighted by molar-refractivity contribution is 5.88. The molecular formula is C17H32ClN3O2. The number of nitrogens with one attached hydrogen (secondary N) is 1. The van der Waals surface area contributed by atoms with E-state index >= 15 is 0 Å². The van der Waals surface area contributed by atoms with Gasteiger partial charge in [0.2, 0.25) is 11.8 Å². The largest absolute Gasteiger partial charge is 0.341 e. The maximum atomic E-state index is 12.8. The van der Waals surface area contributed by atoms with Crippen molar-refractivity contribution in [3.8, 4) is 0 Å². The Bertz CT molecular complexity index is 415. The molecule has 0 saturated carbocycles. The van der Waals surface area contributed by atoms with Gasteiger partial charge in [0.25, 0.3) is 0 Å².